The number of aryl methyl sites for hydroxylation is 3. The highest BCUT2D eigenvalue weighted by Gasteiger charge is 2.28. The van der Waals surface area contributed by atoms with E-state index < -0.39 is 6.09 Å². The van der Waals surface area contributed by atoms with Crippen LogP contribution in [0.1, 0.15) is 39.3 Å². The Morgan fingerprint density at radius 1 is 0.933 bits per heavy atom. The summed E-state index contributed by atoms with van der Waals surface area (Å²) < 4.78 is 5.54. The highest BCUT2D eigenvalue weighted by molar-refractivity contribution is 5.79. The molecule has 1 aliphatic carbocycles. The van der Waals surface area contributed by atoms with E-state index >= 15 is 0 Å². The number of carbonyl (C=O) groups is 1. The molecule has 4 rings (SSSR count). The zero-order chi connectivity index (χ0) is 21.1. The summed E-state index contributed by atoms with van der Waals surface area (Å²) >= 11 is 0. The van der Waals surface area contributed by atoms with Crippen LogP contribution in [0.5, 0.6) is 0 Å². The molecule has 3 aromatic rings. The van der Waals surface area contributed by atoms with Crippen LogP contribution in [0.25, 0.3) is 11.1 Å². The van der Waals surface area contributed by atoms with Crippen molar-refractivity contribution in [3.63, 3.8) is 0 Å². The summed E-state index contributed by atoms with van der Waals surface area (Å²) in [5.74, 6) is 6.26. The number of carbonyl (C=O) groups excluding carboxylic acids is 1. The molecular weight excluding hydrogens is 370 g/mol. The van der Waals surface area contributed by atoms with Gasteiger partial charge in [0.2, 0.25) is 0 Å². The van der Waals surface area contributed by atoms with E-state index in [0.29, 0.717) is 6.61 Å². The van der Waals surface area contributed by atoms with Crippen LogP contribution >= 0.6 is 0 Å². The topological polar surface area (TPSA) is 38.3 Å². The van der Waals surface area contributed by atoms with Crippen LogP contribution in [0.15, 0.2) is 60.7 Å². The van der Waals surface area contributed by atoms with Gasteiger partial charge in [0.15, 0.2) is 0 Å². The molecule has 0 bridgehead atoms. The summed E-state index contributed by atoms with van der Waals surface area (Å²) in [5, 5.41) is 2.74. The van der Waals surface area contributed by atoms with Crippen molar-refractivity contribution in [3.05, 3.63) is 94.0 Å². The Balaban J connectivity index is 1.37. The molecule has 1 amide bonds. The number of fused-ring (bicyclic) bond motifs is 3. The van der Waals surface area contributed by atoms with E-state index in [4.69, 9.17) is 4.74 Å². The highest BCUT2D eigenvalue weighted by Crippen LogP contribution is 2.44. The Morgan fingerprint density at radius 3 is 2.10 bits per heavy atom. The summed E-state index contributed by atoms with van der Waals surface area (Å²) in [7, 11) is 0. The average Bonchev–Trinajstić information content (AvgIpc) is 3.05. The predicted octanol–water partition coefficient (Wildman–Crippen LogP) is 5.50. The van der Waals surface area contributed by atoms with Crippen LogP contribution in [-0.2, 0) is 4.74 Å². The number of benzene rings is 3. The Hall–Kier alpha value is -3.51. The third-order valence-corrected chi connectivity index (χ3v) is 5.56. The zero-order valence-corrected chi connectivity index (χ0v) is 17.6. The summed E-state index contributed by atoms with van der Waals surface area (Å²) in [6.07, 6.45) is -0.441. The highest BCUT2D eigenvalue weighted by atomic mass is 16.5. The lowest BCUT2D eigenvalue weighted by Gasteiger charge is -2.14. The van der Waals surface area contributed by atoms with Crippen LogP contribution in [0, 0.1) is 32.6 Å². The maximum atomic E-state index is 12.2. The van der Waals surface area contributed by atoms with E-state index in [0.717, 1.165) is 16.7 Å². The van der Waals surface area contributed by atoms with Gasteiger partial charge in [0, 0.05) is 11.5 Å². The monoisotopic (exact) mass is 395 g/mol. The number of nitrogens with one attached hydrogen (secondary N) is 1. The first kappa shape index (κ1) is 19.8. The molecule has 0 fully saturated rings. The van der Waals surface area contributed by atoms with E-state index in [-0.39, 0.29) is 12.5 Å². The van der Waals surface area contributed by atoms with Gasteiger partial charge in [-0.3, -0.25) is 0 Å². The first-order valence-electron chi connectivity index (χ1n) is 10.2. The predicted molar refractivity (Wildman–Crippen MR) is 121 cm³/mol. The number of amides is 1. The molecule has 0 saturated carbocycles. The average molecular weight is 396 g/mol. The van der Waals surface area contributed by atoms with Crippen molar-refractivity contribution < 1.29 is 9.53 Å². The molecule has 0 spiro atoms. The maximum absolute atomic E-state index is 12.2. The molecule has 0 saturated heterocycles. The molecule has 0 heterocycles. The third kappa shape index (κ3) is 3.95. The lowest BCUT2D eigenvalue weighted by molar-refractivity contribution is 0.144. The van der Waals surface area contributed by atoms with E-state index in [1.165, 1.54) is 27.8 Å². The third-order valence-electron chi connectivity index (χ3n) is 5.56. The van der Waals surface area contributed by atoms with Gasteiger partial charge in [-0.25, -0.2) is 4.79 Å². The summed E-state index contributed by atoms with van der Waals surface area (Å²) in [5.41, 5.74) is 9.41. The molecule has 0 aromatic heterocycles. The van der Waals surface area contributed by atoms with Gasteiger partial charge in [0.1, 0.15) is 6.61 Å². The molecule has 3 aromatic carbocycles. The van der Waals surface area contributed by atoms with E-state index in [9.17, 15) is 4.79 Å². The number of hydrogen-bond acceptors (Lipinski definition) is 2. The molecule has 150 valence electrons. The molecule has 3 heteroatoms. The van der Waals surface area contributed by atoms with E-state index in [1.807, 2.05) is 24.3 Å². The molecule has 0 radical (unpaired) electrons. The summed E-state index contributed by atoms with van der Waals surface area (Å²) in [6, 6.07) is 20.9. The van der Waals surface area contributed by atoms with Gasteiger partial charge in [-0.1, -0.05) is 78.1 Å². The zero-order valence-electron chi connectivity index (χ0n) is 17.6. The van der Waals surface area contributed by atoms with Crippen molar-refractivity contribution in [1.82, 2.24) is 5.32 Å². The first-order valence-corrected chi connectivity index (χ1v) is 10.2. The molecular formula is C27H25NO2. The fraction of sp³-hybridized carbons (Fsp3) is 0.222. The van der Waals surface area contributed by atoms with Crippen molar-refractivity contribution in [1.29, 1.82) is 0 Å². The second-order valence-corrected chi connectivity index (χ2v) is 7.75. The second kappa shape index (κ2) is 8.47. The second-order valence-electron chi connectivity index (χ2n) is 7.75. The minimum absolute atomic E-state index is 0.0621. The SMILES string of the molecule is Cc1cc(C)c(C#CCNC(=O)OCC2c3ccccc3-c3ccccc32)c(C)c1. The van der Waals surface area contributed by atoms with Crippen LogP contribution in [0.4, 0.5) is 4.79 Å². The van der Waals surface area contributed by atoms with Gasteiger partial charge in [-0.05, 0) is 54.2 Å². The van der Waals surface area contributed by atoms with Crippen molar-refractivity contribution in [2.45, 2.75) is 26.7 Å². The van der Waals surface area contributed by atoms with E-state index in [1.54, 1.807) is 0 Å². The summed E-state index contributed by atoms with van der Waals surface area (Å²) in [6.45, 7) is 6.76. The van der Waals surface area contributed by atoms with Crippen molar-refractivity contribution >= 4 is 6.09 Å². The molecule has 0 unspecified atom stereocenters. The summed E-state index contributed by atoms with van der Waals surface area (Å²) in [4.78, 5) is 12.2. The normalized spacial score (nSPS) is 11.8. The Kier molecular flexibility index (Phi) is 5.59. The van der Waals surface area contributed by atoms with Gasteiger partial charge in [-0.2, -0.15) is 0 Å². The molecule has 1 N–H and O–H groups in total. The van der Waals surface area contributed by atoms with Crippen LogP contribution in [0.3, 0.4) is 0 Å². The lowest BCUT2D eigenvalue weighted by Crippen LogP contribution is -2.26. The molecule has 1 aliphatic rings. The molecule has 0 atom stereocenters. The maximum Gasteiger partial charge on any atom is 0.407 e. The van der Waals surface area contributed by atoms with Crippen molar-refractivity contribution in [2.24, 2.45) is 0 Å². The number of hydrogen-bond donors (Lipinski definition) is 1. The molecule has 0 aliphatic heterocycles. The lowest BCUT2D eigenvalue weighted by atomic mass is 9.98. The Labute approximate surface area is 178 Å². The fourth-order valence-corrected chi connectivity index (χ4v) is 4.28. The molecule has 30 heavy (non-hydrogen) atoms. The number of ether oxygens (including phenoxy) is 1. The smallest absolute Gasteiger partial charge is 0.407 e. The quantitative estimate of drug-likeness (QED) is 0.595. The van der Waals surface area contributed by atoms with E-state index in [2.05, 4.69) is 74.3 Å². The van der Waals surface area contributed by atoms with Crippen molar-refractivity contribution in [3.8, 4) is 23.0 Å². The minimum atomic E-state index is -0.441. The largest absolute Gasteiger partial charge is 0.449 e. The van der Waals surface area contributed by atoms with Gasteiger partial charge in [0.25, 0.3) is 0 Å². The Bertz CT molecular complexity index is 1100. The standard InChI is InChI=1S/C27H25NO2/c1-18-15-19(2)21(20(3)16-18)13-8-14-28-27(29)30-17-26-24-11-6-4-9-22(24)23-10-5-7-12-25(23)26/h4-7,9-12,15-16,26H,14,17H2,1-3H3,(H,28,29). The van der Waals surface area contributed by atoms with Gasteiger partial charge in [0.05, 0.1) is 6.54 Å². The Morgan fingerprint density at radius 2 is 1.50 bits per heavy atom. The minimum Gasteiger partial charge on any atom is -0.449 e. The first-order chi connectivity index (χ1) is 14.5. The van der Waals surface area contributed by atoms with Gasteiger partial charge in [-0.15, -0.1) is 0 Å². The fourth-order valence-electron chi connectivity index (χ4n) is 4.28. The van der Waals surface area contributed by atoms with Gasteiger partial charge >= 0.3 is 6.09 Å². The van der Waals surface area contributed by atoms with Crippen molar-refractivity contribution in [2.75, 3.05) is 13.2 Å². The number of rotatable bonds is 3. The van der Waals surface area contributed by atoms with Crippen LogP contribution < -0.4 is 5.32 Å². The van der Waals surface area contributed by atoms with Gasteiger partial charge < -0.3 is 10.1 Å². The molecule has 3 nitrogen and oxygen atoms in total. The van der Waals surface area contributed by atoms with Crippen LogP contribution in [0.2, 0.25) is 0 Å². The van der Waals surface area contributed by atoms with Crippen LogP contribution in [-0.4, -0.2) is 19.2 Å². The number of alkyl carbamates (subject to hydrolysis) is 1.